The molecular weight excluding hydrogens is 420 g/mol. The Bertz CT molecular complexity index is 1360. The topological polar surface area (TPSA) is 90.0 Å². The predicted octanol–water partition coefficient (Wildman–Crippen LogP) is 4.78. The van der Waals surface area contributed by atoms with Gasteiger partial charge in [0.25, 0.3) is 0 Å². The fourth-order valence-electron chi connectivity index (χ4n) is 4.26. The molecule has 32 heavy (non-hydrogen) atoms. The Morgan fingerprint density at radius 2 is 2.00 bits per heavy atom. The fraction of sp³-hybridized carbons (Fsp3) is 0.250. The molecule has 0 spiro atoms. The van der Waals surface area contributed by atoms with E-state index in [1.165, 1.54) is 11.3 Å². The van der Waals surface area contributed by atoms with Crippen LogP contribution in [0.1, 0.15) is 29.3 Å². The van der Waals surface area contributed by atoms with Gasteiger partial charge < -0.3 is 15.4 Å². The van der Waals surface area contributed by atoms with Crippen LogP contribution in [0.15, 0.2) is 37.3 Å². The average Bonchev–Trinajstić information content (AvgIpc) is 2.98. The van der Waals surface area contributed by atoms with Crippen molar-refractivity contribution in [3.8, 4) is 16.9 Å². The number of fused-ring (bicyclic) bond motifs is 2. The first kappa shape index (κ1) is 20.4. The minimum atomic E-state index is 0.528. The highest BCUT2D eigenvalue weighted by Crippen LogP contribution is 2.36. The number of hydrogen-bond acceptors (Lipinski definition) is 8. The lowest BCUT2D eigenvalue weighted by Crippen LogP contribution is -2.27. The van der Waals surface area contributed by atoms with Gasteiger partial charge in [-0.1, -0.05) is 17.9 Å². The minimum Gasteiger partial charge on any atom is -0.491 e. The van der Waals surface area contributed by atoms with Crippen molar-refractivity contribution in [3.05, 3.63) is 59.7 Å². The Morgan fingerprint density at radius 1 is 1.16 bits per heavy atom. The number of pyridine rings is 1. The van der Waals surface area contributed by atoms with Gasteiger partial charge in [-0.25, -0.2) is 19.9 Å². The maximum absolute atomic E-state index is 6.18. The number of nitrogens with zero attached hydrogens (tertiary/aromatic N) is 5. The van der Waals surface area contributed by atoms with Gasteiger partial charge in [0.05, 0.1) is 12.2 Å². The van der Waals surface area contributed by atoms with E-state index in [9.17, 15) is 0 Å². The molecule has 0 bridgehead atoms. The summed E-state index contributed by atoms with van der Waals surface area (Å²) >= 11 is 1.40. The van der Waals surface area contributed by atoms with E-state index >= 15 is 0 Å². The number of nitrogen functional groups attached to an aromatic ring is 1. The molecule has 1 aliphatic heterocycles. The number of nitrogens with two attached hydrogens (primary N) is 1. The largest absolute Gasteiger partial charge is 0.491 e. The Kier molecular flexibility index (Phi) is 5.01. The first-order valence-electron chi connectivity index (χ1n) is 10.4. The third-order valence-corrected chi connectivity index (χ3v) is 6.47. The quantitative estimate of drug-likeness (QED) is 0.486. The molecule has 0 radical (unpaired) electrons. The molecule has 3 aromatic heterocycles. The zero-order valence-corrected chi connectivity index (χ0v) is 19.2. The molecule has 0 fully saturated rings. The number of aromatic nitrogens is 4. The van der Waals surface area contributed by atoms with Crippen molar-refractivity contribution < 1.29 is 4.74 Å². The van der Waals surface area contributed by atoms with Crippen LogP contribution in [-0.4, -0.2) is 33.1 Å². The molecule has 162 valence electrons. The smallest absolute Gasteiger partial charge is 0.182 e. The lowest BCUT2D eigenvalue weighted by Gasteiger charge is -2.24. The van der Waals surface area contributed by atoms with Gasteiger partial charge in [-0.3, -0.25) is 0 Å². The van der Waals surface area contributed by atoms with Crippen molar-refractivity contribution in [3.63, 3.8) is 0 Å². The number of aryl methyl sites for hydroxylation is 2. The van der Waals surface area contributed by atoms with Crippen molar-refractivity contribution in [1.29, 1.82) is 0 Å². The molecule has 0 atom stereocenters. The summed E-state index contributed by atoms with van der Waals surface area (Å²) in [6, 6.07) is 6.35. The molecule has 0 aliphatic carbocycles. The molecule has 5 rings (SSSR count). The summed E-state index contributed by atoms with van der Waals surface area (Å²) in [6.07, 6.45) is 3.50. The molecule has 0 unspecified atom stereocenters. The highest BCUT2D eigenvalue weighted by atomic mass is 32.1. The number of ether oxygens (including phenoxy) is 1. The van der Waals surface area contributed by atoms with E-state index in [2.05, 4.69) is 50.5 Å². The summed E-state index contributed by atoms with van der Waals surface area (Å²) in [5.74, 6) is 1.83. The minimum absolute atomic E-state index is 0.528. The van der Waals surface area contributed by atoms with Crippen LogP contribution in [0, 0.1) is 13.8 Å². The van der Waals surface area contributed by atoms with Gasteiger partial charge in [-0.05, 0) is 55.7 Å². The van der Waals surface area contributed by atoms with Crippen molar-refractivity contribution in [1.82, 2.24) is 19.9 Å². The molecular formula is C24H24N6OS. The molecule has 8 heteroatoms. The van der Waals surface area contributed by atoms with E-state index in [0.29, 0.717) is 18.3 Å². The predicted molar refractivity (Wildman–Crippen MR) is 130 cm³/mol. The van der Waals surface area contributed by atoms with Gasteiger partial charge in [-0.15, -0.1) is 0 Å². The van der Waals surface area contributed by atoms with Gasteiger partial charge in [-0.2, -0.15) is 0 Å². The number of benzene rings is 1. The van der Waals surface area contributed by atoms with Crippen LogP contribution in [0.25, 0.3) is 27.0 Å². The highest BCUT2D eigenvalue weighted by molar-refractivity contribution is 7.21. The van der Waals surface area contributed by atoms with Gasteiger partial charge in [0.2, 0.25) is 0 Å². The fourth-order valence-corrected chi connectivity index (χ4v) is 4.92. The van der Waals surface area contributed by atoms with Crippen molar-refractivity contribution >= 4 is 38.2 Å². The molecule has 7 nitrogen and oxygen atoms in total. The van der Waals surface area contributed by atoms with E-state index in [1.54, 1.807) is 6.33 Å². The molecule has 2 N–H and O–H groups in total. The van der Waals surface area contributed by atoms with Gasteiger partial charge >= 0.3 is 0 Å². The summed E-state index contributed by atoms with van der Waals surface area (Å²) < 4.78 is 6.18. The molecule has 1 aliphatic rings. The Labute approximate surface area is 190 Å². The second-order valence-electron chi connectivity index (χ2n) is 8.09. The van der Waals surface area contributed by atoms with Crippen molar-refractivity contribution in [2.45, 2.75) is 27.3 Å². The molecule has 4 aromatic rings. The number of anilines is 2. The average molecular weight is 445 g/mol. The van der Waals surface area contributed by atoms with E-state index < -0.39 is 0 Å². The standard InChI is InChI=1S/C24H24N6OS/c1-13(2)20-15(4)27-12-28-22(20)30-5-6-31-21-14(3)7-16(8-18(21)11-30)17-9-19-23(26-10-17)32-24(25)29-19/h7-10,12H,1,5-6,11H2,2-4H3,(H2,25,29). The third-order valence-electron chi connectivity index (χ3n) is 5.66. The maximum atomic E-state index is 6.18. The van der Waals surface area contributed by atoms with Crippen LogP contribution in [-0.2, 0) is 6.54 Å². The monoisotopic (exact) mass is 444 g/mol. The Morgan fingerprint density at radius 3 is 2.81 bits per heavy atom. The zero-order valence-electron chi connectivity index (χ0n) is 18.3. The van der Waals surface area contributed by atoms with Crippen LogP contribution in [0.5, 0.6) is 5.75 Å². The van der Waals surface area contributed by atoms with Gasteiger partial charge in [0.1, 0.15) is 34.8 Å². The van der Waals surface area contributed by atoms with Crippen LogP contribution in [0.2, 0.25) is 0 Å². The molecule has 0 saturated heterocycles. The normalized spacial score (nSPS) is 13.5. The Balaban J connectivity index is 1.57. The van der Waals surface area contributed by atoms with Gasteiger partial charge in [0.15, 0.2) is 5.13 Å². The van der Waals surface area contributed by atoms with Crippen molar-refractivity contribution in [2.75, 3.05) is 23.8 Å². The zero-order chi connectivity index (χ0) is 22.4. The summed E-state index contributed by atoms with van der Waals surface area (Å²) in [6.45, 7) is 12.2. The Hall–Kier alpha value is -3.52. The maximum Gasteiger partial charge on any atom is 0.182 e. The van der Waals surface area contributed by atoms with E-state index in [1.807, 2.05) is 26.1 Å². The molecule has 0 saturated carbocycles. The first-order valence-corrected chi connectivity index (χ1v) is 11.2. The summed E-state index contributed by atoms with van der Waals surface area (Å²) in [5, 5.41) is 0.528. The van der Waals surface area contributed by atoms with Crippen LogP contribution >= 0.6 is 11.3 Å². The highest BCUT2D eigenvalue weighted by Gasteiger charge is 2.23. The van der Waals surface area contributed by atoms with E-state index in [0.717, 1.165) is 67.5 Å². The molecule has 4 heterocycles. The number of rotatable bonds is 3. The van der Waals surface area contributed by atoms with Gasteiger partial charge in [0, 0.05) is 29.4 Å². The molecule has 0 amide bonds. The lowest BCUT2D eigenvalue weighted by atomic mass is 9.99. The second-order valence-corrected chi connectivity index (χ2v) is 9.10. The van der Waals surface area contributed by atoms with Crippen LogP contribution in [0.3, 0.4) is 0 Å². The third kappa shape index (κ3) is 3.56. The number of thiazole rings is 1. The summed E-state index contributed by atoms with van der Waals surface area (Å²) in [4.78, 5) is 21.0. The van der Waals surface area contributed by atoms with E-state index in [4.69, 9.17) is 10.5 Å². The summed E-state index contributed by atoms with van der Waals surface area (Å²) in [5.41, 5.74) is 13.8. The number of hydrogen-bond donors (Lipinski definition) is 1. The number of allylic oxidation sites excluding steroid dienone is 1. The SMILES string of the molecule is C=C(C)c1c(C)ncnc1N1CCOc2c(C)cc(-c3cnc4sc(N)nc4c3)cc2C1. The molecule has 1 aromatic carbocycles. The second kappa shape index (κ2) is 7.87. The van der Waals surface area contributed by atoms with Crippen LogP contribution in [0.4, 0.5) is 10.9 Å². The van der Waals surface area contributed by atoms with Crippen LogP contribution < -0.4 is 15.4 Å². The van der Waals surface area contributed by atoms with E-state index in [-0.39, 0.29) is 0 Å². The summed E-state index contributed by atoms with van der Waals surface area (Å²) in [7, 11) is 0. The van der Waals surface area contributed by atoms with Crippen molar-refractivity contribution in [2.24, 2.45) is 0 Å². The lowest BCUT2D eigenvalue weighted by molar-refractivity contribution is 0.329. The first-order chi connectivity index (χ1) is 15.4.